The van der Waals surface area contributed by atoms with Crippen LogP contribution in [0.5, 0.6) is 0 Å². The summed E-state index contributed by atoms with van der Waals surface area (Å²) in [6.45, 7) is 0. The molecule has 3 rings (SSSR count). The second-order valence-corrected chi connectivity index (χ2v) is 5.34. The summed E-state index contributed by atoms with van der Waals surface area (Å²) in [5, 5.41) is 10.3. The van der Waals surface area contributed by atoms with Crippen LogP contribution in [0.2, 0.25) is 5.02 Å². The van der Waals surface area contributed by atoms with Crippen molar-refractivity contribution in [1.82, 2.24) is 0 Å². The number of hydrogen-bond donors (Lipinski definition) is 1. The third-order valence-electron chi connectivity index (χ3n) is 3.38. The number of alkyl halides is 1. The van der Waals surface area contributed by atoms with Crippen LogP contribution in [-0.2, 0) is 12.8 Å². The van der Waals surface area contributed by atoms with E-state index >= 15 is 0 Å². The van der Waals surface area contributed by atoms with Crippen molar-refractivity contribution < 1.29 is 9.94 Å². The molecular formula is C14H12Cl2NO+. The third kappa shape index (κ3) is 1.86. The van der Waals surface area contributed by atoms with Crippen molar-refractivity contribution in [2.45, 2.75) is 18.2 Å². The van der Waals surface area contributed by atoms with Gasteiger partial charge in [-0.1, -0.05) is 17.7 Å². The quantitative estimate of drug-likeness (QED) is 0.447. The number of pyridine rings is 1. The monoisotopic (exact) mass is 280 g/mol. The summed E-state index contributed by atoms with van der Waals surface area (Å²) in [5.74, 6) is 0. The van der Waals surface area contributed by atoms with Crippen molar-refractivity contribution in [3.8, 4) is 0 Å². The second-order valence-electron chi connectivity index (χ2n) is 4.47. The van der Waals surface area contributed by atoms with Crippen molar-refractivity contribution in [3.63, 3.8) is 0 Å². The number of nitrogens with zero attached hydrogens (tertiary/aromatic N) is 1. The number of hydrogen-bond acceptors (Lipinski definition) is 1. The van der Waals surface area contributed by atoms with Crippen LogP contribution in [0.3, 0.4) is 0 Å². The maximum atomic E-state index is 9.94. The Morgan fingerprint density at radius 2 is 1.94 bits per heavy atom. The zero-order valence-corrected chi connectivity index (χ0v) is 11.1. The van der Waals surface area contributed by atoms with Gasteiger partial charge in [-0.25, -0.2) is 0 Å². The van der Waals surface area contributed by atoms with E-state index in [0.717, 1.165) is 45.0 Å². The lowest BCUT2D eigenvalue weighted by Gasteiger charge is -2.09. The van der Waals surface area contributed by atoms with Gasteiger partial charge in [0, 0.05) is 21.4 Å². The highest BCUT2D eigenvalue weighted by atomic mass is 35.5. The van der Waals surface area contributed by atoms with E-state index < -0.39 is 0 Å². The first-order chi connectivity index (χ1) is 8.66. The maximum Gasteiger partial charge on any atom is 0.259 e. The fourth-order valence-electron chi connectivity index (χ4n) is 2.50. The molecular weight excluding hydrogens is 269 g/mol. The molecule has 0 bridgehead atoms. The molecule has 0 saturated carbocycles. The minimum atomic E-state index is -0.346. The first-order valence-electron chi connectivity index (χ1n) is 5.82. The molecule has 1 aromatic carbocycles. The molecule has 0 radical (unpaired) electrons. The summed E-state index contributed by atoms with van der Waals surface area (Å²) < 4.78 is 1.12. The average molecular weight is 281 g/mol. The van der Waals surface area contributed by atoms with E-state index in [1.165, 1.54) is 0 Å². The van der Waals surface area contributed by atoms with E-state index in [4.69, 9.17) is 23.2 Å². The van der Waals surface area contributed by atoms with Crippen LogP contribution < -0.4 is 4.73 Å². The molecule has 0 fully saturated rings. The molecule has 4 heteroatoms. The molecule has 1 aliphatic rings. The molecule has 1 aromatic heterocycles. The van der Waals surface area contributed by atoms with E-state index in [-0.39, 0.29) is 5.38 Å². The molecule has 1 unspecified atom stereocenters. The Labute approximate surface area is 115 Å². The normalized spacial score (nSPS) is 17.8. The Hall–Kier alpha value is -1.25. The van der Waals surface area contributed by atoms with Gasteiger partial charge < -0.3 is 0 Å². The number of aromatic nitrogens is 1. The largest absolute Gasteiger partial charge is 0.285 e. The topological polar surface area (TPSA) is 24.1 Å². The Morgan fingerprint density at radius 1 is 1.17 bits per heavy atom. The molecule has 1 heterocycles. The molecule has 2 nitrogen and oxygen atoms in total. The Kier molecular flexibility index (Phi) is 2.92. The number of halogens is 2. The average Bonchev–Trinajstić information content (AvgIpc) is 2.48. The van der Waals surface area contributed by atoms with Gasteiger partial charge >= 0.3 is 0 Å². The van der Waals surface area contributed by atoms with Gasteiger partial charge in [0.2, 0.25) is 6.20 Å². The van der Waals surface area contributed by atoms with Gasteiger partial charge in [-0.05, 0) is 42.2 Å². The van der Waals surface area contributed by atoms with Crippen LogP contribution in [0.15, 0.2) is 36.5 Å². The van der Waals surface area contributed by atoms with Crippen LogP contribution in [0.4, 0.5) is 0 Å². The highest BCUT2D eigenvalue weighted by Crippen LogP contribution is 2.35. The van der Waals surface area contributed by atoms with E-state index in [2.05, 4.69) is 0 Å². The van der Waals surface area contributed by atoms with Gasteiger partial charge in [-0.3, -0.25) is 5.21 Å². The number of benzene rings is 1. The summed E-state index contributed by atoms with van der Waals surface area (Å²) in [4.78, 5) is 0. The van der Waals surface area contributed by atoms with Crippen LogP contribution in [0, 0.1) is 0 Å². The Bertz CT molecular complexity index is 613. The lowest BCUT2D eigenvalue weighted by molar-refractivity contribution is -0.909. The Balaban J connectivity index is 2.20. The van der Waals surface area contributed by atoms with Gasteiger partial charge in [0.1, 0.15) is 5.38 Å². The zero-order valence-electron chi connectivity index (χ0n) is 9.61. The van der Waals surface area contributed by atoms with Crippen LogP contribution in [-0.4, -0.2) is 5.21 Å². The summed E-state index contributed by atoms with van der Waals surface area (Å²) in [6, 6.07) is 9.57. The number of rotatable bonds is 0. The van der Waals surface area contributed by atoms with Crippen molar-refractivity contribution in [3.05, 3.63) is 63.9 Å². The minimum Gasteiger partial charge on any atom is -0.285 e. The molecule has 1 atom stereocenters. The third-order valence-corrected chi connectivity index (χ3v) is 4.06. The Morgan fingerprint density at radius 3 is 2.78 bits per heavy atom. The molecule has 0 spiro atoms. The molecule has 18 heavy (non-hydrogen) atoms. The summed E-state index contributed by atoms with van der Waals surface area (Å²) in [7, 11) is 0. The zero-order chi connectivity index (χ0) is 12.7. The SMILES string of the molecule is O[n+]1cccc2c1C(Cl)c1ccc(Cl)cc1CC2. The van der Waals surface area contributed by atoms with E-state index in [1.54, 1.807) is 6.20 Å². The molecule has 1 N–H and O–H groups in total. The second kappa shape index (κ2) is 4.45. The minimum absolute atomic E-state index is 0.346. The lowest BCUT2D eigenvalue weighted by Crippen LogP contribution is -2.36. The predicted octanol–water partition coefficient (Wildman–Crippen LogP) is 3.29. The summed E-state index contributed by atoms with van der Waals surface area (Å²) >= 11 is 12.5. The lowest BCUT2D eigenvalue weighted by atomic mass is 10.0. The van der Waals surface area contributed by atoms with E-state index in [1.807, 2.05) is 30.3 Å². The number of aryl methyl sites for hydroxylation is 2. The van der Waals surface area contributed by atoms with Gasteiger partial charge in [0.25, 0.3) is 5.69 Å². The van der Waals surface area contributed by atoms with Crippen LogP contribution in [0.1, 0.15) is 27.8 Å². The van der Waals surface area contributed by atoms with E-state index in [9.17, 15) is 5.21 Å². The summed E-state index contributed by atoms with van der Waals surface area (Å²) in [6.07, 6.45) is 3.35. The van der Waals surface area contributed by atoms with Crippen LogP contribution >= 0.6 is 23.2 Å². The van der Waals surface area contributed by atoms with Crippen molar-refractivity contribution >= 4 is 23.2 Å². The molecule has 2 aromatic rings. The van der Waals surface area contributed by atoms with Gasteiger partial charge in [-0.15, -0.1) is 11.6 Å². The van der Waals surface area contributed by atoms with Gasteiger partial charge in [0.05, 0.1) is 0 Å². The van der Waals surface area contributed by atoms with E-state index in [0.29, 0.717) is 0 Å². The van der Waals surface area contributed by atoms with Crippen molar-refractivity contribution in [1.29, 1.82) is 0 Å². The number of fused-ring (bicyclic) bond motifs is 2. The van der Waals surface area contributed by atoms with Crippen LogP contribution in [0.25, 0.3) is 0 Å². The summed E-state index contributed by atoms with van der Waals surface area (Å²) in [5.41, 5.74) is 4.00. The fourth-order valence-corrected chi connectivity index (χ4v) is 3.15. The predicted molar refractivity (Wildman–Crippen MR) is 70.4 cm³/mol. The van der Waals surface area contributed by atoms with Gasteiger partial charge in [0.15, 0.2) is 0 Å². The first kappa shape index (κ1) is 11.8. The van der Waals surface area contributed by atoms with Crippen molar-refractivity contribution in [2.24, 2.45) is 0 Å². The maximum absolute atomic E-state index is 9.94. The smallest absolute Gasteiger partial charge is 0.259 e. The molecule has 0 amide bonds. The molecule has 0 aliphatic heterocycles. The molecule has 1 aliphatic carbocycles. The first-order valence-corrected chi connectivity index (χ1v) is 6.63. The van der Waals surface area contributed by atoms with Gasteiger partial charge in [-0.2, -0.15) is 0 Å². The highest BCUT2D eigenvalue weighted by Gasteiger charge is 2.30. The highest BCUT2D eigenvalue weighted by molar-refractivity contribution is 6.30. The molecule has 92 valence electrons. The van der Waals surface area contributed by atoms with Crippen molar-refractivity contribution in [2.75, 3.05) is 0 Å². The fraction of sp³-hybridized carbons (Fsp3) is 0.214. The molecule has 0 saturated heterocycles. The standard InChI is InChI=1S/C14H12Cl2NO/c15-11-5-6-12-10(8-11)4-3-9-2-1-7-17(18)14(9)13(12)16/h1-2,5-8,13,18H,3-4H2/q+1.